The molecule has 1 saturated heterocycles. The van der Waals surface area contributed by atoms with Crippen molar-refractivity contribution in [1.29, 1.82) is 0 Å². The minimum absolute atomic E-state index is 0.259. The molecular formula is C25H22FN3O5S. The lowest BCUT2D eigenvalue weighted by Crippen LogP contribution is -2.44. The van der Waals surface area contributed by atoms with Gasteiger partial charge in [0.25, 0.3) is 5.91 Å². The second kappa shape index (κ2) is 9.03. The highest BCUT2D eigenvalue weighted by Gasteiger charge is 2.49. The van der Waals surface area contributed by atoms with Gasteiger partial charge in [-0.1, -0.05) is 18.2 Å². The van der Waals surface area contributed by atoms with Crippen LogP contribution < -0.4 is 19.7 Å². The number of halogens is 1. The van der Waals surface area contributed by atoms with Crippen LogP contribution in [0.1, 0.15) is 17.4 Å². The van der Waals surface area contributed by atoms with Gasteiger partial charge in [0.2, 0.25) is 5.91 Å². The number of amides is 4. The Hall–Kier alpha value is -3.92. The van der Waals surface area contributed by atoms with E-state index in [1.807, 2.05) is 17.5 Å². The van der Waals surface area contributed by atoms with Crippen molar-refractivity contribution in [2.75, 3.05) is 24.7 Å². The van der Waals surface area contributed by atoms with Gasteiger partial charge in [-0.2, -0.15) is 0 Å². The van der Waals surface area contributed by atoms with E-state index in [-0.39, 0.29) is 6.54 Å². The number of imide groups is 1. The SMILES string of the molecule is C[C@@]1(c2ccc(F)cc2)NC(=O)N(CC(=O)N(Cc2cccs2)c2ccc3c(c2)OCCO3)C1=O. The fourth-order valence-corrected chi connectivity index (χ4v) is 4.81. The summed E-state index contributed by atoms with van der Waals surface area (Å²) in [5.74, 6) is -0.364. The molecule has 1 aromatic heterocycles. The molecular weight excluding hydrogens is 473 g/mol. The molecule has 0 unspecified atom stereocenters. The molecule has 2 aliphatic heterocycles. The largest absolute Gasteiger partial charge is 0.486 e. The maximum Gasteiger partial charge on any atom is 0.325 e. The van der Waals surface area contributed by atoms with Crippen LogP contribution in [0.5, 0.6) is 11.5 Å². The van der Waals surface area contributed by atoms with E-state index in [2.05, 4.69) is 5.32 Å². The van der Waals surface area contributed by atoms with Gasteiger partial charge >= 0.3 is 6.03 Å². The molecule has 0 spiro atoms. The van der Waals surface area contributed by atoms with Crippen molar-refractivity contribution in [2.45, 2.75) is 19.0 Å². The molecule has 8 nitrogen and oxygen atoms in total. The first-order valence-electron chi connectivity index (χ1n) is 11.0. The number of ether oxygens (including phenoxy) is 2. The van der Waals surface area contributed by atoms with Crippen molar-refractivity contribution in [3.63, 3.8) is 0 Å². The lowest BCUT2D eigenvalue weighted by atomic mass is 9.92. The average Bonchev–Trinajstić information content (AvgIpc) is 3.45. The molecule has 0 aliphatic carbocycles. The Bertz CT molecular complexity index is 1280. The van der Waals surface area contributed by atoms with Crippen LogP contribution >= 0.6 is 11.3 Å². The van der Waals surface area contributed by atoms with Crippen molar-refractivity contribution in [3.05, 3.63) is 76.2 Å². The van der Waals surface area contributed by atoms with Gasteiger partial charge in [-0.15, -0.1) is 11.3 Å². The van der Waals surface area contributed by atoms with E-state index < -0.39 is 35.7 Å². The topological polar surface area (TPSA) is 88.2 Å². The number of rotatable bonds is 6. The van der Waals surface area contributed by atoms with Gasteiger partial charge in [-0.05, 0) is 48.2 Å². The second-order valence-electron chi connectivity index (χ2n) is 8.34. The number of anilines is 1. The fourth-order valence-electron chi connectivity index (χ4n) is 4.12. The zero-order valence-electron chi connectivity index (χ0n) is 18.8. The fraction of sp³-hybridized carbons (Fsp3) is 0.240. The quantitative estimate of drug-likeness (QED) is 0.528. The highest BCUT2D eigenvalue weighted by Crippen LogP contribution is 2.35. The first kappa shape index (κ1) is 22.9. The number of hydrogen-bond acceptors (Lipinski definition) is 6. The van der Waals surface area contributed by atoms with Crippen molar-refractivity contribution in [2.24, 2.45) is 0 Å². The van der Waals surface area contributed by atoms with Crippen LogP contribution in [0.15, 0.2) is 60.0 Å². The van der Waals surface area contributed by atoms with Crippen LogP contribution in [-0.2, 0) is 21.7 Å². The van der Waals surface area contributed by atoms with Crippen LogP contribution in [0.3, 0.4) is 0 Å². The summed E-state index contributed by atoms with van der Waals surface area (Å²) in [6.07, 6.45) is 0. The van der Waals surface area contributed by atoms with E-state index in [0.29, 0.717) is 36.0 Å². The Labute approximate surface area is 204 Å². The Morgan fingerprint density at radius 1 is 1.11 bits per heavy atom. The summed E-state index contributed by atoms with van der Waals surface area (Å²) in [5, 5.41) is 4.56. The molecule has 10 heteroatoms. The monoisotopic (exact) mass is 495 g/mol. The number of urea groups is 1. The zero-order chi connectivity index (χ0) is 24.6. The van der Waals surface area contributed by atoms with Gasteiger partial charge in [0, 0.05) is 16.6 Å². The molecule has 3 heterocycles. The summed E-state index contributed by atoms with van der Waals surface area (Å²) in [6, 6.07) is 13.6. The van der Waals surface area contributed by atoms with E-state index in [9.17, 15) is 18.8 Å². The van der Waals surface area contributed by atoms with Gasteiger partial charge in [-0.25, -0.2) is 9.18 Å². The van der Waals surface area contributed by atoms with Gasteiger partial charge in [0.1, 0.15) is 31.1 Å². The molecule has 0 saturated carbocycles. The predicted molar refractivity (Wildman–Crippen MR) is 127 cm³/mol. The molecule has 1 N–H and O–H groups in total. The number of nitrogens with one attached hydrogen (secondary N) is 1. The molecule has 3 aromatic rings. The highest BCUT2D eigenvalue weighted by molar-refractivity contribution is 7.09. The van der Waals surface area contributed by atoms with Crippen LogP contribution in [0, 0.1) is 5.82 Å². The van der Waals surface area contributed by atoms with E-state index in [0.717, 1.165) is 9.78 Å². The molecule has 180 valence electrons. The second-order valence-corrected chi connectivity index (χ2v) is 9.37. The standard InChI is InChI=1S/C25H22FN3O5S/c1-25(16-4-6-17(26)7-5-16)23(31)29(24(32)27-25)15-22(30)28(14-19-3-2-12-35-19)18-8-9-20-21(13-18)34-11-10-33-20/h2-9,12-13H,10-11,14-15H2,1H3,(H,27,32)/t25-/m0/s1. The maximum absolute atomic E-state index is 13.5. The summed E-state index contributed by atoms with van der Waals surface area (Å²) in [5.41, 5.74) is -0.420. The molecule has 4 amide bonds. The number of fused-ring (bicyclic) bond motifs is 1. The van der Waals surface area contributed by atoms with Crippen LogP contribution in [0.4, 0.5) is 14.9 Å². The van der Waals surface area contributed by atoms with Crippen molar-refractivity contribution < 1.29 is 28.2 Å². The number of carbonyl (C=O) groups excluding carboxylic acids is 3. The molecule has 1 fully saturated rings. The third-order valence-electron chi connectivity index (χ3n) is 6.02. The molecule has 1 atom stereocenters. The first-order chi connectivity index (χ1) is 16.8. The summed E-state index contributed by atoms with van der Waals surface area (Å²) in [4.78, 5) is 42.9. The molecule has 0 radical (unpaired) electrons. The van der Waals surface area contributed by atoms with Crippen LogP contribution in [0.25, 0.3) is 0 Å². The normalized spacial score (nSPS) is 19.0. The Morgan fingerprint density at radius 3 is 2.57 bits per heavy atom. The smallest absolute Gasteiger partial charge is 0.325 e. The van der Waals surface area contributed by atoms with Crippen molar-refractivity contribution in [3.8, 4) is 11.5 Å². The summed E-state index contributed by atoms with van der Waals surface area (Å²) in [7, 11) is 0. The lowest BCUT2D eigenvalue weighted by Gasteiger charge is -2.27. The number of benzene rings is 2. The van der Waals surface area contributed by atoms with Crippen molar-refractivity contribution >= 4 is 34.9 Å². The van der Waals surface area contributed by atoms with Gasteiger partial charge in [0.15, 0.2) is 11.5 Å². The highest BCUT2D eigenvalue weighted by atomic mass is 32.1. The lowest BCUT2D eigenvalue weighted by molar-refractivity contribution is -0.134. The number of hydrogen-bond donors (Lipinski definition) is 1. The molecule has 2 aromatic carbocycles. The zero-order valence-corrected chi connectivity index (χ0v) is 19.6. The Kier molecular flexibility index (Phi) is 5.89. The Balaban J connectivity index is 1.41. The number of carbonyl (C=O) groups is 3. The molecule has 2 aliphatic rings. The van der Waals surface area contributed by atoms with E-state index >= 15 is 0 Å². The minimum atomic E-state index is -1.40. The molecule has 5 rings (SSSR count). The maximum atomic E-state index is 13.5. The van der Waals surface area contributed by atoms with E-state index in [1.54, 1.807) is 18.2 Å². The summed E-state index contributed by atoms with van der Waals surface area (Å²) in [6.45, 7) is 2.19. The average molecular weight is 496 g/mol. The van der Waals surface area contributed by atoms with Crippen LogP contribution in [0.2, 0.25) is 0 Å². The van der Waals surface area contributed by atoms with Gasteiger partial charge < -0.3 is 19.7 Å². The predicted octanol–water partition coefficient (Wildman–Crippen LogP) is 3.66. The number of nitrogens with zero attached hydrogens (tertiary/aromatic N) is 2. The summed E-state index contributed by atoms with van der Waals surface area (Å²) >= 11 is 1.49. The third kappa shape index (κ3) is 4.32. The van der Waals surface area contributed by atoms with E-state index in [4.69, 9.17) is 9.47 Å². The van der Waals surface area contributed by atoms with Gasteiger partial charge in [0.05, 0.1) is 6.54 Å². The summed E-state index contributed by atoms with van der Waals surface area (Å²) < 4.78 is 24.6. The Morgan fingerprint density at radius 2 is 1.86 bits per heavy atom. The van der Waals surface area contributed by atoms with Gasteiger partial charge in [-0.3, -0.25) is 14.5 Å². The molecule has 35 heavy (non-hydrogen) atoms. The molecule has 0 bridgehead atoms. The van der Waals surface area contributed by atoms with E-state index in [1.165, 1.54) is 47.4 Å². The van der Waals surface area contributed by atoms with Crippen LogP contribution in [-0.4, -0.2) is 42.5 Å². The minimum Gasteiger partial charge on any atom is -0.486 e. The van der Waals surface area contributed by atoms with Crippen molar-refractivity contribution in [1.82, 2.24) is 10.2 Å². The first-order valence-corrected chi connectivity index (χ1v) is 11.9. The third-order valence-corrected chi connectivity index (χ3v) is 6.88. The number of thiophene rings is 1.